The molecule has 0 radical (unpaired) electrons. The zero-order valence-corrected chi connectivity index (χ0v) is 18.8. The van der Waals surface area contributed by atoms with Gasteiger partial charge in [-0.3, -0.25) is 19.5 Å². The number of rotatable bonds is 5. The van der Waals surface area contributed by atoms with Crippen molar-refractivity contribution in [3.8, 4) is 5.75 Å². The number of nitrogens with one attached hydrogen (secondary N) is 2. The Hall–Kier alpha value is -3.51. The molecule has 1 atom stereocenters. The number of nitrogens with zero attached hydrogens (tertiary/aromatic N) is 5. The van der Waals surface area contributed by atoms with E-state index in [0.717, 1.165) is 19.0 Å². The summed E-state index contributed by atoms with van der Waals surface area (Å²) in [6, 6.07) is 3.03. The van der Waals surface area contributed by atoms with E-state index < -0.39 is 11.5 Å². The van der Waals surface area contributed by atoms with Gasteiger partial charge in [0.25, 0.3) is 11.5 Å². The number of alkyl halides is 1. The maximum absolute atomic E-state index is 16.2. The summed E-state index contributed by atoms with van der Waals surface area (Å²) in [6.07, 6.45) is 4.11. The van der Waals surface area contributed by atoms with Gasteiger partial charge in [0.2, 0.25) is 0 Å². The van der Waals surface area contributed by atoms with Crippen molar-refractivity contribution >= 4 is 22.8 Å². The van der Waals surface area contributed by atoms with Gasteiger partial charge in [0.15, 0.2) is 23.8 Å². The Kier molecular flexibility index (Phi) is 5.22. The second-order valence-corrected chi connectivity index (χ2v) is 9.21. The van der Waals surface area contributed by atoms with E-state index in [1.54, 1.807) is 6.20 Å². The molecule has 0 aliphatic carbocycles. The first-order valence-corrected chi connectivity index (χ1v) is 11.5. The molecule has 3 aliphatic rings. The van der Waals surface area contributed by atoms with Gasteiger partial charge in [-0.1, -0.05) is 0 Å². The molecule has 1 fully saturated rings. The summed E-state index contributed by atoms with van der Waals surface area (Å²) in [6.45, 7) is 1.41. The Bertz CT molecular complexity index is 1390. The molecular formula is C23H23F2N7O3. The quantitative estimate of drug-likeness (QED) is 0.555. The second-order valence-electron chi connectivity index (χ2n) is 9.21. The molecule has 3 aromatic heterocycles. The van der Waals surface area contributed by atoms with E-state index >= 15 is 4.39 Å². The van der Waals surface area contributed by atoms with E-state index in [1.165, 1.54) is 16.7 Å². The van der Waals surface area contributed by atoms with Crippen molar-refractivity contribution in [3.63, 3.8) is 0 Å². The number of amides is 1. The van der Waals surface area contributed by atoms with E-state index in [2.05, 4.69) is 25.6 Å². The minimum atomic E-state index is -2.00. The molecule has 1 amide bonds. The summed E-state index contributed by atoms with van der Waals surface area (Å²) < 4.78 is 37.5. The number of hydrogen-bond acceptors (Lipinski definition) is 8. The SMILES string of the molecule is O=C1COc2cnc(CNC3CCN(C[C@]4(F)Cn5c(=O)ccc6ncc(F)c4c65)CC3)nc2N1. The summed E-state index contributed by atoms with van der Waals surface area (Å²) in [5, 5.41) is 6.08. The number of piperidine rings is 1. The second kappa shape index (κ2) is 8.31. The Morgan fingerprint density at radius 3 is 2.86 bits per heavy atom. The van der Waals surface area contributed by atoms with E-state index in [0.29, 0.717) is 42.5 Å². The van der Waals surface area contributed by atoms with Gasteiger partial charge in [-0.25, -0.2) is 18.7 Å². The van der Waals surface area contributed by atoms with Crippen LogP contribution in [0.4, 0.5) is 14.6 Å². The lowest BCUT2D eigenvalue weighted by molar-refractivity contribution is -0.118. The van der Waals surface area contributed by atoms with Crippen molar-refractivity contribution < 1.29 is 18.3 Å². The van der Waals surface area contributed by atoms with Crippen LogP contribution in [0.5, 0.6) is 5.75 Å². The molecule has 10 nitrogen and oxygen atoms in total. The molecule has 0 saturated carbocycles. The van der Waals surface area contributed by atoms with Gasteiger partial charge < -0.3 is 19.9 Å². The fourth-order valence-corrected chi connectivity index (χ4v) is 5.16. The third-order valence-corrected chi connectivity index (χ3v) is 6.84. The van der Waals surface area contributed by atoms with Gasteiger partial charge >= 0.3 is 0 Å². The van der Waals surface area contributed by atoms with Crippen molar-refractivity contribution in [3.05, 3.63) is 52.1 Å². The van der Waals surface area contributed by atoms with Crippen molar-refractivity contribution in [2.45, 2.75) is 37.6 Å². The van der Waals surface area contributed by atoms with Crippen LogP contribution in [0.25, 0.3) is 11.0 Å². The van der Waals surface area contributed by atoms with Crippen LogP contribution in [-0.2, 0) is 23.6 Å². The zero-order valence-electron chi connectivity index (χ0n) is 18.8. The Balaban J connectivity index is 1.09. The highest BCUT2D eigenvalue weighted by atomic mass is 19.1. The number of hydrogen-bond donors (Lipinski definition) is 2. The number of aromatic nitrogens is 4. The number of halogens is 2. The van der Waals surface area contributed by atoms with Crippen LogP contribution < -0.4 is 20.9 Å². The van der Waals surface area contributed by atoms with Crippen LogP contribution in [0.1, 0.15) is 24.2 Å². The van der Waals surface area contributed by atoms with Crippen molar-refractivity contribution in [1.82, 2.24) is 29.7 Å². The maximum Gasteiger partial charge on any atom is 0.263 e. The number of likely N-dealkylation sites (tertiary alicyclic amines) is 1. The highest BCUT2D eigenvalue weighted by Gasteiger charge is 2.45. The van der Waals surface area contributed by atoms with Gasteiger partial charge in [-0.15, -0.1) is 0 Å². The third kappa shape index (κ3) is 3.92. The highest BCUT2D eigenvalue weighted by Crippen LogP contribution is 2.41. The minimum absolute atomic E-state index is 0.00447. The molecule has 2 N–H and O–H groups in total. The molecule has 0 aromatic carbocycles. The summed E-state index contributed by atoms with van der Waals surface area (Å²) in [5.74, 6) is 0.369. The van der Waals surface area contributed by atoms with Crippen molar-refractivity contribution in [1.29, 1.82) is 0 Å². The Morgan fingerprint density at radius 1 is 1.20 bits per heavy atom. The van der Waals surface area contributed by atoms with Gasteiger partial charge in [0.1, 0.15) is 11.6 Å². The predicted molar refractivity (Wildman–Crippen MR) is 121 cm³/mol. The first-order valence-electron chi connectivity index (χ1n) is 11.5. The van der Waals surface area contributed by atoms with E-state index in [4.69, 9.17) is 4.74 Å². The molecule has 1 saturated heterocycles. The minimum Gasteiger partial charge on any atom is -0.478 e. The standard InChI is InChI=1S/C23H23F2N7O3/c24-14-7-27-15-1-2-19(34)32-12-23(25,20(14)21(15)32)11-31-5-3-13(4-6-31)26-9-17-28-8-16-22(29-17)30-18(33)10-35-16/h1-2,7-8,13,26H,3-6,9-12H2,(H,28,29,30,33)/t23-/m0/s1. The fraction of sp³-hybridized carbons (Fsp3) is 0.435. The van der Waals surface area contributed by atoms with Gasteiger partial charge in [0, 0.05) is 18.7 Å². The van der Waals surface area contributed by atoms with E-state index in [-0.39, 0.29) is 48.3 Å². The van der Waals surface area contributed by atoms with E-state index in [1.807, 2.05) is 4.90 Å². The molecular weight excluding hydrogens is 460 g/mol. The first-order chi connectivity index (χ1) is 16.9. The Morgan fingerprint density at radius 2 is 2.03 bits per heavy atom. The van der Waals surface area contributed by atoms with Crippen LogP contribution in [0, 0.1) is 5.82 Å². The summed E-state index contributed by atoms with van der Waals surface area (Å²) >= 11 is 0. The molecule has 0 unspecified atom stereocenters. The number of pyridine rings is 2. The van der Waals surface area contributed by atoms with Crippen LogP contribution >= 0.6 is 0 Å². The predicted octanol–water partition coefficient (Wildman–Crippen LogP) is 1.09. The number of ether oxygens (including phenoxy) is 1. The van der Waals surface area contributed by atoms with Crippen LogP contribution in [0.15, 0.2) is 29.3 Å². The molecule has 35 heavy (non-hydrogen) atoms. The largest absolute Gasteiger partial charge is 0.478 e. The molecule has 6 rings (SSSR count). The monoisotopic (exact) mass is 483 g/mol. The number of anilines is 1. The summed E-state index contributed by atoms with van der Waals surface area (Å²) in [7, 11) is 0. The molecule has 3 aliphatic heterocycles. The number of carbonyl (C=O) groups is 1. The summed E-state index contributed by atoms with van der Waals surface area (Å²) in [4.78, 5) is 38.4. The molecule has 0 bridgehead atoms. The summed E-state index contributed by atoms with van der Waals surface area (Å²) in [5.41, 5.74) is -1.75. The zero-order chi connectivity index (χ0) is 24.2. The lowest BCUT2D eigenvalue weighted by atomic mass is 9.95. The maximum atomic E-state index is 16.2. The third-order valence-electron chi connectivity index (χ3n) is 6.84. The average Bonchev–Trinajstić information content (AvgIpc) is 3.17. The smallest absolute Gasteiger partial charge is 0.263 e. The fourth-order valence-electron chi connectivity index (χ4n) is 5.16. The van der Waals surface area contributed by atoms with Gasteiger partial charge in [-0.05, 0) is 32.0 Å². The van der Waals surface area contributed by atoms with E-state index in [9.17, 15) is 14.0 Å². The Labute approximate surface area is 198 Å². The van der Waals surface area contributed by atoms with Gasteiger partial charge in [-0.2, -0.15) is 0 Å². The van der Waals surface area contributed by atoms with Crippen LogP contribution in [-0.4, -0.2) is 62.6 Å². The average molecular weight is 483 g/mol. The highest BCUT2D eigenvalue weighted by molar-refractivity contribution is 5.94. The molecule has 0 spiro atoms. The van der Waals surface area contributed by atoms with Crippen LogP contribution in [0.3, 0.4) is 0 Å². The lowest BCUT2D eigenvalue weighted by Crippen LogP contribution is -2.47. The normalized spacial score (nSPS) is 22.2. The first kappa shape index (κ1) is 22.0. The van der Waals surface area contributed by atoms with Crippen molar-refractivity contribution in [2.75, 3.05) is 31.6 Å². The lowest BCUT2D eigenvalue weighted by Gasteiger charge is -2.36. The number of fused-ring (bicyclic) bond motifs is 1. The molecule has 6 heterocycles. The topological polar surface area (TPSA) is 114 Å². The number of carbonyl (C=O) groups excluding carboxylic acids is 1. The van der Waals surface area contributed by atoms with Crippen molar-refractivity contribution in [2.24, 2.45) is 0 Å². The van der Waals surface area contributed by atoms with Crippen LogP contribution in [0.2, 0.25) is 0 Å². The van der Waals surface area contributed by atoms with Gasteiger partial charge in [0.05, 0.1) is 42.1 Å². The molecule has 3 aromatic rings. The molecule has 12 heteroatoms. The molecule has 182 valence electrons.